The Bertz CT molecular complexity index is 1060. The quantitative estimate of drug-likeness (QED) is 0.659. The summed E-state index contributed by atoms with van der Waals surface area (Å²) in [6, 6.07) is 10.3. The van der Waals surface area contributed by atoms with Gasteiger partial charge in [0.15, 0.2) is 11.5 Å². The number of hydrogen-bond donors (Lipinski definition) is 1. The number of piperidine rings is 1. The number of nitrogens with one attached hydrogen (secondary N) is 1. The number of carbonyl (C=O) groups is 1. The summed E-state index contributed by atoms with van der Waals surface area (Å²) in [5, 5.41) is 10.9. The molecule has 1 aliphatic heterocycles. The van der Waals surface area contributed by atoms with Crippen molar-refractivity contribution in [2.75, 3.05) is 18.4 Å². The zero-order chi connectivity index (χ0) is 22.2. The maximum Gasteiger partial charge on any atom is 0.435 e. The first-order valence-electron chi connectivity index (χ1n) is 10.0. The van der Waals surface area contributed by atoms with Crippen molar-refractivity contribution < 1.29 is 18.0 Å². The lowest BCUT2D eigenvalue weighted by Crippen LogP contribution is -2.41. The number of alkyl halides is 3. The number of hydrogen-bond acceptors (Lipinski definition) is 3. The summed E-state index contributed by atoms with van der Waals surface area (Å²) in [7, 11) is 0. The standard InChI is InChI=1S/C21H23F3N6O/c1-14-3-5-17(6-4-14)30-15(2)13-19(27-30)25-20(31)28-10-7-16(8-11-28)29-12-9-18(26-29)21(22,23)24/h3-6,9,12-13,16H,7-8,10-11H2,1-2H3,(H,25,27,31). The van der Waals surface area contributed by atoms with Crippen LogP contribution in [0.25, 0.3) is 5.69 Å². The molecule has 3 heterocycles. The molecule has 1 N–H and O–H groups in total. The fourth-order valence-corrected chi connectivity index (χ4v) is 3.70. The molecule has 1 aromatic carbocycles. The number of anilines is 1. The number of aryl methyl sites for hydroxylation is 2. The topological polar surface area (TPSA) is 68.0 Å². The van der Waals surface area contributed by atoms with Gasteiger partial charge in [-0.1, -0.05) is 17.7 Å². The Morgan fingerprint density at radius 3 is 2.35 bits per heavy atom. The van der Waals surface area contributed by atoms with Crippen LogP contribution in [0.3, 0.4) is 0 Å². The third kappa shape index (κ3) is 4.57. The van der Waals surface area contributed by atoms with Crippen molar-refractivity contribution in [2.24, 2.45) is 0 Å². The highest BCUT2D eigenvalue weighted by Gasteiger charge is 2.34. The first-order valence-corrected chi connectivity index (χ1v) is 10.0. The molecule has 7 nitrogen and oxygen atoms in total. The summed E-state index contributed by atoms with van der Waals surface area (Å²) in [4.78, 5) is 14.3. The van der Waals surface area contributed by atoms with E-state index in [0.29, 0.717) is 31.7 Å². The SMILES string of the molecule is Cc1ccc(-n2nc(NC(=O)N3CCC(n4ccc(C(F)(F)F)n4)CC3)cc2C)cc1. The number of urea groups is 1. The molecule has 0 unspecified atom stereocenters. The second kappa shape index (κ2) is 8.09. The lowest BCUT2D eigenvalue weighted by atomic mass is 10.1. The lowest BCUT2D eigenvalue weighted by molar-refractivity contribution is -0.141. The maximum absolute atomic E-state index is 12.8. The van der Waals surface area contributed by atoms with Gasteiger partial charge < -0.3 is 4.90 Å². The summed E-state index contributed by atoms with van der Waals surface area (Å²) in [6.07, 6.45) is -2.04. The molecule has 10 heteroatoms. The predicted octanol–water partition coefficient (Wildman–Crippen LogP) is 4.57. The van der Waals surface area contributed by atoms with Gasteiger partial charge in [0.1, 0.15) is 0 Å². The Kier molecular flexibility index (Phi) is 5.47. The van der Waals surface area contributed by atoms with Crippen molar-refractivity contribution in [3.63, 3.8) is 0 Å². The molecule has 2 amide bonds. The summed E-state index contributed by atoms with van der Waals surface area (Å²) in [5.74, 6) is 0.451. The maximum atomic E-state index is 12.8. The van der Waals surface area contributed by atoms with Gasteiger partial charge in [0.2, 0.25) is 0 Å². The van der Waals surface area contributed by atoms with E-state index < -0.39 is 11.9 Å². The van der Waals surface area contributed by atoms with Gasteiger partial charge in [-0.05, 0) is 44.9 Å². The second-order valence-electron chi connectivity index (χ2n) is 7.75. The van der Waals surface area contributed by atoms with E-state index in [1.54, 1.807) is 15.6 Å². The number of halogens is 3. The Morgan fingerprint density at radius 1 is 1.06 bits per heavy atom. The van der Waals surface area contributed by atoms with Crippen LogP contribution in [0.5, 0.6) is 0 Å². The molecule has 1 fully saturated rings. The molecule has 0 radical (unpaired) electrons. The van der Waals surface area contributed by atoms with Crippen LogP contribution < -0.4 is 5.32 Å². The minimum atomic E-state index is -4.45. The van der Waals surface area contributed by atoms with Gasteiger partial charge in [0.05, 0.1) is 11.7 Å². The van der Waals surface area contributed by atoms with E-state index in [2.05, 4.69) is 15.5 Å². The molecule has 2 aromatic heterocycles. The third-order valence-electron chi connectivity index (χ3n) is 5.43. The van der Waals surface area contributed by atoms with Gasteiger partial charge in [-0.15, -0.1) is 5.10 Å². The summed E-state index contributed by atoms with van der Waals surface area (Å²) >= 11 is 0. The number of amides is 2. The van der Waals surface area contributed by atoms with Crippen molar-refractivity contribution in [1.82, 2.24) is 24.5 Å². The third-order valence-corrected chi connectivity index (χ3v) is 5.43. The highest BCUT2D eigenvalue weighted by molar-refractivity contribution is 5.88. The van der Waals surface area contributed by atoms with E-state index in [4.69, 9.17) is 0 Å². The van der Waals surface area contributed by atoms with E-state index in [1.165, 1.54) is 10.9 Å². The molecule has 0 bridgehead atoms. The van der Waals surface area contributed by atoms with Crippen molar-refractivity contribution in [3.8, 4) is 5.69 Å². The molecule has 1 saturated heterocycles. The number of carbonyl (C=O) groups excluding carboxylic acids is 1. The predicted molar refractivity (Wildman–Crippen MR) is 109 cm³/mol. The largest absolute Gasteiger partial charge is 0.435 e. The highest BCUT2D eigenvalue weighted by Crippen LogP contribution is 2.29. The van der Waals surface area contributed by atoms with Crippen molar-refractivity contribution in [2.45, 2.75) is 38.9 Å². The van der Waals surface area contributed by atoms with Crippen LogP contribution in [0.1, 0.15) is 35.8 Å². The molecule has 3 aromatic rings. The number of benzene rings is 1. The number of rotatable bonds is 3. The van der Waals surface area contributed by atoms with Crippen LogP contribution in [-0.2, 0) is 6.18 Å². The zero-order valence-electron chi connectivity index (χ0n) is 17.2. The Morgan fingerprint density at radius 2 is 1.74 bits per heavy atom. The number of likely N-dealkylation sites (tertiary alicyclic amines) is 1. The molecule has 164 valence electrons. The van der Waals surface area contributed by atoms with Gasteiger partial charge in [-0.25, -0.2) is 9.48 Å². The minimum absolute atomic E-state index is 0.164. The van der Waals surface area contributed by atoms with E-state index >= 15 is 0 Å². The smallest absolute Gasteiger partial charge is 0.324 e. The van der Waals surface area contributed by atoms with Crippen LogP contribution in [-0.4, -0.2) is 43.6 Å². The first kappa shape index (κ1) is 21.0. The van der Waals surface area contributed by atoms with Gasteiger partial charge in [0, 0.05) is 31.0 Å². The second-order valence-corrected chi connectivity index (χ2v) is 7.75. The van der Waals surface area contributed by atoms with Crippen LogP contribution in [0.4, 0.5) is 23.8 Å². The van der Waals surface area contributed by atoms with E-state index in [0.717, 1.165) is 23.0 Å². The van der Waals surface area contributed by atoms with Crippen molar-refractivity contribution in [3.05, 3.63) is 59.5 Å². The Hall–Kier alpha value is -3.30. The highest BCUT2D eigenvalue weighted by atomic mass is 19.4. The zero-order valence-corrected chi connectivity index (χ0v) is 17.2. The molecule has 0 aliphatic carbocycles. The average Bonchev–Trinajstić information content (AvgIpc) is 3.36. The molecule has 0 spiro atoms. The molecule has 4 rings (SSSR count). The van der Waals surface area contributed by atoms with Crippen molar-refractivity contribution in [1.29, 1.82) is 0 Å². The van der Waals surface area contributed by atoms with Crippen LogP contribution in [0.15, 0.2) is 42.6 Å². The van der Waals surface area contributed by atoms with Gasteiger partial charge >= 0.3 is 12.2 Å². The monoisotopic (exact) mass is 432 g/mol. The van der Waals surface area contributed by atoms with Gasteiger partial charge in [-0.2, -0.15) is 18.3 Å². The molecule has 0 saturated carbocycles. The van der Waals surface area contributed by atoms with E-state index in [9.17, 15) is 18.0 Å². The Balaban J connectivity index is 1.36. The van der Waals surface area contributed by atoms with Gasteiger partial charge in [-0.3, -0.25) is 10.00 Å². The summed E-state index contributed by atoms with van der Waals surface area (Å²) in [6.45, 7) is 4.77. The van der Waals surface area contributed by atoms with Crippen molar-refractivity contribution >= 4 is 11.8 Å². The molecular formula is C21H23F3N6O. The van der Waals surface area contributed by atoms with Crippen LogP contribution in [0.2, 0.25) is 0 Å². The van der Waals surface area contributed by atoms with E-state index in [-0.39, 0.29) is 12.1 Å². The summed E-state index contributed by atoms with van der Waals surface area (Å²) in [5.41, 5.74) is 2.04. The fourth-order valence-electron chi connectivity index (χ4n) is 3.70. The van der Waals surface area contributed by atoms with Crippen LogP contribution in [0, 0.1) is 13.8 Å². The molecule has 0 atom stereocenters. The van der Waals surface area contributed by atoms with E-state index in [1.807, 2.05) is 38.1 Å². The lowest BCUT2D eigenvalue weighted by Gasteiger charge is -2.31. The molecular weight excluding hydrogens is 409 g/mol. The normalized spacial score (nSPS) is 15.3. The summed E-state index contributed by atoms with van der Waals surface area (Å²) < 4.78 is 41.4. The number of aromatic nitrogens is 4. The molecule has 1 aliphatic rings. The first-order chi connectivity index (χ1) is 14.7. The fraction of sp³-hybridized carbons (Fsp3) is 0.381. The minimum Gasteiger partial charge on any atom is -0.324 e. The Labute approximate surface area is 177 Å². The number of nitrogens with zero attached hydrogens (tertiary/aromatic N) is 5. The average molecular weight is 432 g/mol. The van der Waals surface area contributed by atoms with Gasteiger partial charge in [0.25, 0.3) is 0 Å². The van der Waals surface area contributed by atoms with Crippen LogP contribution >= 0.6 is 0 Å². The molecule has 31 heavy (non-hydrogen) atoms.